The molecule has 3 rings (SSSR count). The number of imide groups is 1. The number of nitrogens with zero attached hydrogens (tertiary/aromatic N) is 2. The lowest BCUT2D eigenvalue weighted by Gasteiger charge is -2.13. The minimum absolute atomic E-state index is 0.0664. The van der Waals surface area contributed by atoms with Gasteiger partial charge in [-0.15, -0.1) is 13.2 Å². The van der Waals surface area contributed by atoms with Crippen molar-refractivity contribution in [2.45, 2.75) is 6.36 Å². The van der Waals surface area contributed by atoms with Gasteiger partial charge < -0.3 is 10.1 Å². The molecule has 1 aliphatic rings. The normalized spacial score (nSPS) is 15.1. The van der Waals surface area contributed by atoms with E-state index in [1.54, 1.807) is 0 Å². The molecule has 1 aliphatic heterocycles. The van der Waals surface area contributed by atoms with Crippen molar-refractivity contribution in [2.75, 3.05) is 13.1 Å². The Balaban J connectivity index is 1.55. The number of halogens is 3. The van der Waals surface area contributed by atoms with Crippen molar-refractivity contribution in [1.82, 2.24) is 10.2 Å². The molecule has 0 unspecified atom stereocenters. The van der Waals surface area contributed by atoms with E-state index in [4.69, 9.17) is 0 Å². The van der Waals surface area contributed by atoms with Crippen LogP contribution in [0.15, 0.2) is 53.4 Å². The number of non-ortho nitro benzene ring substituents is 1. The van der Waals surface area contributed by atoms with Gasteiger partial charge >= 0.3 is 6.36 Å². The lowest BCUT2D eigenvalue weighted by Crippen LogP contribution is -2.37. The van der Waals surface area contributed by atoms with Crippen molar-refractivity contribution in [2.24, 2.45) is 0 Å². The first-order valence-electron chi connectivity index (χ1n) is 9.17. The average molecular weight is 481 g/mol. The van der Waals surface area contributed by atoms with Crippen molar-refractivity contribution in [3.63, 3.8) is 0 Å². The summed E-state index contributed by atoms with van der Waals surface area (Å²) in [5, 5.41) is 12.6. The number of nitro groups is 1. The van der Waals surface area contributed by atoms with E-state index in [1.807, 2.05) is 0 Å². The summed E-state index contributed by atoms with van der Waals surface area (Å²) in [6, 6.07) is 9.69. The second-order valence-corrected chi connectivity index (χ2v) is 7.50. The maximum atomic E-state index is 12.5. The molecule has 0 radical (unpaired) electrons. The van der Waals surface area contributed by atoms with Crippen molar-refractivity contribution in [3.8, 4) is 5.75 Å². The van der Waals surface area contributed by atoms with Gasteiger partial charge in [0.15, 0.2) is 0 Å². The molecule has 0 atom stereocenters. The van der Waals surface area contributed by atoms with Crippen LogP contribution in [0.5, 0.6) is 5.75 Å². The molecule has 13 heteroatoms. The molecule has 2 aromatic rings. The molecule has 33 heavy (non-hydrogen) atoms. The van der Waals surface area contributed by atoms with Gasteiger partial charge in [-0.05, 0) is 59.8 Å². The molecule has 1 heterocycles. The van der Waals surface area contributed by atoms with Crippen LogP contribution in [0, 0.1) is 10.1 Å². The van der Waals surface area contributed by atoms with Crippen molar-refractivity contribution < 1.29 is 37.2 Å². The third kappa shape index (κ3) is 6.32. The van der Waals surface area contributed by atoms with E-state index < -0.39 is 34.1 Å². The predicted molar refractivity (Wildman–Crippen MR) is 111 cm³/mol. The summed E-state index contributed by atoms with van der Waals surface area (Å²) in [4.78, 5) is 48.0. The number of nitro benzene ring substituents is 1. The van der Waals surface area contributed by atoms with Crippen molar-refractivity contribution >= 4 is 40.6 Å². The summed E-state index contributed by atoms with van der Waals surface area (Å²) in [6.07, 6.45) is -3.42. The quantitative estimate of drug-likeness (QED) is 0.361. The number of rotatable bonds is 7. The third-order valence-corrected chi connectivity index (χ3v) is 5.15. The van der Waals surface area contributed by atoms with E-state index in [2.05, 4.69) is 10.1 Å². The highest BCUT2D eigenvalue weighted by Gasteiger charge is 2.34. The van der Waals surface area contributed by atoms with E-state index in [1.165, 1.54) is 30.3 Å². The van der Waals surface area contributed by atoms with E-state index in [-0.39, 0.29) is 29.2 Å². The molecule has 1 saturated heterocycles. The van der Waals surface area contributed by atoms with E-state index >= 15 is 0 Å². The second-order valence-electron chi connectivity index (χ2n) is 6.51. The van der Waals surface area contributed by atoms with Crippen LogP contribution in [0.25, 0.3) is 6.08 Å². The van der Waals surface area contributed by atoms with Crippen molar-refractivity contribution in [3.05, 3.63) is 74.7 Å². The molecule has 1 fully saturated rings. The van der Waals surface area contributed by atoms with Crippen LogP contribution >= 0.6 is 11.8 Å². The molecule has 1 N–H and O–H groups in total. The molecule has 0 saturated carbocycles. The Bertz CT molecular complexity index is 1120. The minimum Gasteiger partial charge on any atom is -0.406 e. The molecule has 3 amide bonds. The van der Waals surface area contributed by atoms with E-state index in [9.17, 15) is 37.7 Å². The lowest BCUT2D eigenvalue weighted by atomic mass is 10.2. The summed E-state index contributed by atoms with van der Waals surface area (Å²) in [5.41, 5.74) is 0.451. The maximum Gasteiger partial charge on any atom is 0.573 e. The second kappa shape index (κ2) is 9.73. The topological polar surface area (TPSA) is 119 Å². The van der Waals surface area contributed by atoms with E-state index in [0.29, 0.717) is 17.3 Å². The molecule has 172 valence electrons. The molecular weight excluding hydrogens is 467 g/mol. The molecular formula is C20H14F3N3O6S. The zero-order valence-electron chi connectivity index (χ0n) is 16.5. The first-order valence-corrected chi connectivity index (χ1v) is 9.99. The maximum absolute atomic E-state index is 12.5. The molecule has 0 aromatic heterocycles. The standard InChI is InChI=1S/C20H14F3N3O6S/c21-20(22,23)32-15-7-3-13(4-8-15)17(27)24-9-10-25-18(28)16(33-19(25)29)11-12-1-5-14(6-2-12)26(30)31/h1-8,11H,9-10H2,(H,24,27)/b16-11-. The molecule has 0 spiro atoms. The monoisotopic (exact) mass is 481 g/mol. The number of hydrogen-bond donors (Lipinski definition) is 1. The summed E-state index contributed by atoms with van der Waals surface area (Å²) >= 11 is 0.695. The van der Waals surface area contributed by atoms with Crippen LogP contribution in [-0.4, -0.2) is 46.3 Å². The fraction of sp³-hybridized carbons (Fsp3) is 0.150. The summed E-state index contributed by atoms with van der Waals surface area (Å²) in [7, 11) is 0. The van der Waals surface area contributed by atoms with E-state index in [0.717, 1.165) is 29.2 Å². The Morgan fingerprint density at radius 1 is 1.12 bits per heavy atom. The smallest absolute Gasteiger partial charge is 0.406 e. The van der Waals surface area contributed by atoms with Crippen LogP contribution in [0.4, 0.5) is 23.7 Å². The highest BCUT2D eigenvalue weighted by Crippen LogP contribution is 2.32. The third-order valence-electron chi connectivity index (χ3n) is 4.25. The Morgan fingerprint density at radius 3 is 2.33 bits per heavy atom. The Kier molecular flexibility index (Phi) is 7.01. The lowest BCUT2D eigenvalue weighted by molar-refractivity contribution is -0.384. The Hall–Kier alpha value is -3.87. The van der Waals surface area contributed by atoms with Crippen LogP contribution in [0.1, 0.15) is 15.9 Å². The zero-order valence-corrected chi connectivity index (χ0v) is 17.3. The van der Waals surface area contributed by atoms with Gasteiger partial charge in [-0.1, -0.05) is 0 Å². The van der Waals surface area contributed by atoms with Crippen molar-refractivity contribution in [1.29, 1.82) is 0 Å². The van der Waals surface area contributed by atoms with Crippen LogP contribution < -0.4 is 10.1 Å². The van der Waals surface area contributed by atoms with Gasteiger partial charge in [-0.25, -0.2) is 0 Å². The van der Waals surface area contributed by atoms with Gasteiger partial charge in [0.2, 0.25) is 0 Å². The summed E-state index contributed by atoms with van der Waals surface area (Å²) in [5.74, 6) is -1.66. The molecule has 0 bridgehead atoms. The first-order chi connectivity index (χ1) is 15.5. The van der Waals surface area contributed by atoms with Crippen LogP contribution in [-0.2, 0) is 4.79 Å². The average Bonchev–Trinajstić information content (AvgIpc) is 3.00. The predicted octanol–water partition coefficient (Wildman–Crippen LogP) is 3.96. The summed E-state index contributed by atoms with van der Waals surface area (Å²) in [6.45, 7) is -0.203. The Labute approximate surface area is 188 Å². The highest BCUT2D eigenvalue weighted by molar-refractivity contribution is 8.18. The van der Waals surface area contributed by atoms with Gasteiger partial charge in [0.25, 0.3) is 22.7 Å². The molecule has 0 aliphatic carbocycles. The molecule has 9 nitrogen and oxygen atoms in total. The number of carbonyl (C=O) groups is 3. The largest absolute Gasteiger partial charge is 0.573 e. The zero-order chi connectivity index (χ0) is 24.2. The Morgan fingerprint density at radius 2 is 1.76 bits per heavy atom. The number of benzene rings is 2. The van der Waals surface area contributed by atoms with Crippen LogP contribution in [0.3, 0.4) is 0 Å². The fourth-order valence-electron chi connectivity index (χ4n) is 2.73. The first kappa shape index (κ1) is 23.8. The van der Waals surface area contributed by atoms with Crippen LogP contribution in [0.2, 0.25) is 0 Å². The number of amides is 3. The summed E-state index contributed by atoms with van der Waals surface area (Å²) < 4.78 is 40.3. The number of ether oxygens (including phenoxy) is 1. The number of thioether (sulfide) groups is 1. The SMILES string of the molecule is O=C(NCCN1C(=O)S/C(=C\c2ccc([N+](=O)[O-])cc2)C1=O)c1ccc(OC(F)(F)F)cc1. The minimum atomic E-state index is -4.84. The number of nitrogens with one attached hydrogen (secondary N) is 1. The number of alkyl halides is 3. The van der Waals surface area contributed by atoms with Gasteiger partial charge in [-0.3, -0.25) is 29.4 Å². The number of carbonyl (C=O) groups excluding carboxylic acids is 3. The molecule has 2 aromatic carbocycles. The van der Waals surface area contributed by atoms with Gasteiger partial charge in [0, 0.05) is 30.8 Å². The fourth-order valence-corrected chi connectivity index (χ4v) is 3.59. The van der Waals surface area contributed by atoms with Gasteiger partial charge in [-0.2, -0.15) is 0 Å². The van der Waals surface area contributed by atoms with Gasteiger partial charge in [0.05, 0.1) is 9.83 Å². The number of hydrogen-bond acceptors (Lipinski definition) is 7. The van der Waals surface area contributed by atoms with Gasteiger partial charge in [0.1, 0.15) is 5.75 Å². The highest BCUT2D eigenvalue weighted by atomic mass is 32.2.